The van der Waals surface area contributed by atoms with Gasteiger partial charge in [-0.25, -0.2) is 0 Å². The van der Waals surface area contributed by atoms with E-state index in [0.717, 1.165) is 33.5 Å². The minimum Gasteiger partial charge on any atom is -0.508 e. The van der Waals surface area contributed by atoms with E-state index in [4.69, 9.17) is 0 Å². The molecule has 3 heteroatoms. The predicted molar refractivity (Wildman–Crippen MR) is 104 cm³/mol. The van der Waals surface area contributed by atoms with Crippen LogP contribution in [-0.2, 0) is 0 Å². The molecule has 126 valence electrons. The fraction of sp³-hybridized carbons (Fsp3) is 0. The highest BCUT2D eigenvalue weighted by atomic mass is 16.3. The first-order chi connectivity index (χ1) is 12.7. The van der Waals surface area contributed by atoms with Crippen LogP contribution in [-0.4, -0.2) is 15.2 Å². The van der Waals surface area contributed by atoms with Crippen molar-refractivity contribution in [3.8, 4) is 45.0 Å². The molecule has 0 radical (unpaired) electrons. The van der Waals surface area contributed by atoms with Crippen LogP contribution in [0.1, 0.15) is 0 Å². The molecule has 0 atom stereocenters. The van der Waals surface area contributed by atoms with E-state index >= 15 is 0 Å². The van der Waals surface area contributed by atoms with Crippen LogP contribution in [0.4, 0.5) is 0 Å². The van der Waals surface area contributed by atoms with E-state index in [2.05, 4.69) is 17.1 Å². The van der Waals surface area contributed by atoms with Gasteiger partial charge in [-0.1, -0.05) is 54.6 Å². The molecule has 3 aromatic carbocycles. The van der Waals surface area contributed by atoms with Crippen LogP contribution in [0.15, 0.2) is 91.1 Å². The SMILES string of the molecule is Oc1ccc(-c2ccc(-c3ccc(-c4ccc(O)cc4)cn3)cc2)cc1. The van der Waals surface area contributed by atoms with Crippen molar-refractivity contribution < 1.29 is 10.2 Å². The molecule has 0 aliphatic rings. The van der Waals surface area contributed by atoms with Crippen molar-refractivity contribution >= 4 is 0 Å². The molecule has 0 bridgehead atoms. The van der Waals surface area contributed by atoms with Crippen molar-refractivity contribution in [2.45, 2.75) is 0 Å². The molecule has 0 saturated heterocycles. The molecule has 26 heavy (non-hydrogen) atoms. The minimum absolute atomic E-state index is 0.257. The van der Waals surface area contributed by atoms with Gasteiger partial charge in [-0.15, -0.1) is 0 Å². The lowest BCUT2D eigenvalue weighted by Crippen LogP contribution is -1.86. The Labute approximate surface area is 151 Å². The summed E-state index contributed by atoms with van der Waals surface area (Å²) in [6.07, 6.45) is 1.84. The van der Waals surface area contributed by atoms with E-state index < -0.39 is 0 Å². The highest BCUT2D eigenvalue weighted by Crippen LogP contribution is 2.27. The van der Waals surface area contributed by atoms with Gasteiger partial charge in [0.05, 0.1) is 5.69 Å². The molecule has 2 N–H and O–H groups in total. The van der Waals surface area contributed by atoms with Gasteiger partial charge in [0.1, 0.15) is 11.5 Å². The highest BCUT2D eigenvalue weighted by Gasteiger charge is 2.03. The van der Waals surface area contributed by atoms with Gasteiger partial charge in [-0.05, 0) is 47.0 Å². The van der Waals surface area contributed by atoms with Crippen LogP contribution in [0.2, 0.25) is 0 Å². The second-order valence-electron chi connectivity index (χ2n) is 6.10. The average molecular weight is 339 g/mol. The Kier molecular flexibility index (Phi) is 4.12. The van der Waals surface area contributed by atoms with Crippen LogP contribution in [0.3, 0.4) is 0 Å². The Morgan fingerprint density at radius 2 is 0.808 bits per heavy atom. The first-order valence-electron chi connectivity index (χ1n) is 8.34. The highest BCUT2D eigenvalue weighted by molar-refractivity contribution is 5.71. The molecule has 0 saturated carbocycles. The van der Waals surface area contributed by atoms with Gasteiger partial charge in [-0.2, -0.15) is 0 Å². The molecule has 4 aromatic rings. The number of aromatic hydroxyl groups is 2. The van der Waals surface area contributed by atoms with Crippen LogP contribution in [0.25, 0.3) is 33.5 Å². The molecule has 0 fully saturated rings. The van der Waals surface area contributed by atoms with Crippen LogP contribution < -0.4 is 0 Å². The fourth-order valence-electron chi connectivity index (χ4n) is 2.88. The third-order valence-electron chi connectivity index (χ3n) is 4.35. The standard InChI is InChI=1S/C23H17NO2/c25-21-10-5-17(6-11-21)16-1-3-19(4-2-16)23-14-9-20(15-24-23)18-7-12-22(26)13-8-18/h1-15,25-26H. The first-order valence-corrected chi connectivity index (χ1v) is 8.34. The van der Waals surface area contributed by atoms with Crippen LogP contribution in [0.5, 0.6) is 11.5 Å². The monoisotopic (exact) mass is 339 g/mol. The van der Waals surface area contributed by atoms with Gasteiger partial charge in [0.2, 0.25) is 0 Å². The molecule has 0 spiro atoms. The summed E-state index contributed by atoms with van der Waals surface area (Å²) in [4.78, 5) is 4.57. The third kappa shape index (κ3) is 3.28. The van der Waals surface area contributed by atoms with E-state index in [0.29, 0.717) is 0 Å². The van der Waals surface area contributed by atoms with Crippen molar-refractivity contribution in [2.75, 3.05) is 0 Å². The number of rotatable bonds is 3. The first kappa shape index (κ1) is 15.9. The maximum Gasteiger partial charge on any atom is 0.115 e. The Morgan fingerprint density at radius 1 is 0.423 bits per heavy atom. The normalized spacial score (nSPS) is 10.6. The molecular formula is C23H17NO2. The van der Waals surface area contributed by atoms with E-state index in [1.165, 1.54) is 0 Å². The summed E-state index contributed by atoms with van der Waals surface area (Å²) in [5.41, 5.74) is 6.13. The van der Waals surface area contributed by atoms with Crippen LogP contribution in [0, 0.1) is 0 Å². The quantitative estimate of drug-likeness (QED) is 0.518. The van der Waals surface area contributed by atoms with E-state index in [9.17, 15) is 10.2 Å². The molecule has 3 nitrogen and oxygen atoms in total. The molecule has 0 unspecified atom stereocenters. The van der Waals surface area contributed by atoms with Gasteiger partial charge < -0.3 is 10.2 Å². The van der Waals surface area contributed by atoms with Gasteiger partial charge in [0, 0.05) is 17.3 Å². The second-order valence-corrected chi connectivity index (χ2v) is 6.10. The summed E-state index contributed by atoms with van der Waals surface area (Å²) >= 11 is 0. The van der Waals surface area contributed by atoms with Crippen molar-refractivity contribution in [1.82, 2.24) is 4.98 Å². The smallest absolute Gasteiger partial charge is 0.115 e. The third-order valence-corrected chi connectivity index (χ3v) is 4.35. The summed E-state index contributed by atoms with van der Waals surface area (Å²) in [6, 6.07) is 26.5. The Hall–Kier alpha value is -3.59. The number of hydrogen-bond donors (Lipinski definition) is 2. The maximum atomic E-state index is 9.39. The Balaban J connectivity index is 1.57. The van der Waals surface area contributed by atoms with Crippen molar-refractivity contribution in [2.24, 2.45) is 0 Å². The van der Waals surface area contributed by atoms with E-state index in [1.807, 2.05) is 54.7 Å². The number of pyridine rings is 1. The zero-order valence-electron chi connectivity index (χ0n) is 14.0. The maximum absolute atomic E-state index is 9.39. The van der Waals surface area contributed by atoms with Crippen molar-refractivity contribution in [3.63, 3.8) is 0 Å². The number of nitrogens with zero attached hydrogens (tertiary/aromatic N) is 1. The topological polar surface area (TPSA) is 53.4 Å². The zero-order chi connectivity index (χ0) is 17.9. The number of aromatic nitrogens is 1. The van der Waals surface area contributed by atoms with Crippen LogP contribution >= 0.6 is 0 Å². The summed E-state index contributed by atoms with van der Waals surface area (Å²) in [5, 5.41) is 18.8. The second kappa shape index (κ2) is 6.73. The van der Waals surface area contributed by atoms with E-state index in [-0.39, 0.29) is 11.5 Å². The van der Waals surface area contributed by atoms with E-state index in [1.54, 1.807) is 24.3 Å². The summed E-state index contributed by atoms with van der Waals surface area (Å²) < 4.78 is 0. The molecule has 1 aromatic heterocycles. The Bertz CT molecular complexity index is 917. The molecular weight excluding hydrogens is 322 g/mol. The number of phenolic OH excluding ortho intramolecular Hbond substituents is 2. The Morgan fingerprint density at radius 3 is 1.27 bits per heavy atom. The lowest BCUT2D eigenvalue weighted by Gasteiger charge is -2.06. The predicted octanol–water partition coefficient (Wildman–Crippen LogP) is 5.49. The molecule has 0 aliphatic heterocycles. The number of hydrogen-bond acceptors (Lipinski definition) is 3. The van der Waals surface area contributed by atoms with Crippen molar-refractivity contribution in [3.05, 3.63) is 91.1 Å². The molecule has 1 heterocycles. The summed E-state index contributed by atoms with van der Waals surface area (Å²) in [6.45, 7) is 0. The zero-order valence-corrected chi connectivity index (χ0v) is 14.0. The summed E-state index contributed by atoms with van der Waals surface area (Å²) in [7, 11) is 0. The van der Waals surface area contributed by atoms with Crippen molar-refractivity contribution in [1.29, 1.82) is 0 Å². The average Bonchev–Trinajstić information content (AvgIpc) is 2.70. The molecule has 0 aliphatic carbocycles. The minimum atomic E-state index is 0.257. The van der Waals surface area contributed by atoms with Gasteiger partial charge in [0.25, 0.3) is 0 Å². The van der Waals surface area contributed by atoms with Gasteiger partial charge in [0.15, 0.2) is 0 Å². The summed E-state index contributed by atoms with van der Waals surface area (Å²) in [5.74, 6) is 0.523. The van der Waals surface area contributed by atoms with Gasteiger partial charge in [-0.3, -0.25) is 4.98 Å². The lowest BCUT2D eigenvalue weighted by molar-refractivity contribution is 0.475. The molecule has 0 amide bonds. The largest absolute Gasteiger partial charge is 0.508 e. The lowest BCUT2D eigenvalue weighted by atomic mass is 10.0. The number of benzene rings is 3. The van der Waals surface area contributed by atoms with Gasteiger partial charge >= 0.3 is 0 Å². The molecule has 4 rings (SSSR count). The number of phenols is 2. The fourth-order valence-corrected chi connectivity index (χ4v) is 2.88.